The van der Waals surface area contributed by atoms with Crippen molar-refractivity contribution in [2.45, 2.75) is 0 Å². The quantitative estimate of drug-likeness (QED) is 0.505. The molecule has 1 heterocycles. The lowest BCUT2D eigenvalue weighted by Crippen LogP contribution is -2.17. The fourth-order valence-electron chi connectivity index (χ4n) is 2.08. The summed E-state index contributed by atoms with van der Waals surface area (Å²) in [5, 5.41) is 4.50. The Labute approximate surface area is 152 Å². The highest BCUT2D eigenvalue weighted by Crippen LogP contribution is 2.22. The van der Waals surface area contributed by atoms with E-state index in [1.54, 1.807) is 30.3 Å². The van der Waals surface area contributed by atoms with Gasteiger partial charge in [-0.25, -0.2) is 9.82 Å². The largest absolute Gasteiger partial charge is 0.455 e. The van der Waals surface area contributed by atoms with E-state index < -0.39 is 5.91 Å². The monoisotopic (exact) mass is 376 g/mol. The lowest BCUT2D eigenvalue weighted by molar-refractivity contribution is 0.0955. The fourth-order valence-corrected chi connectivity index (χ4v) is 2.57. The molecule has 0 aliphatic heterocycles. The molecule has 126 valence electrons. The summed E-state index contributed by atoms with van der Waals surface area (Å²) >= 11 is 11.7. The van der Waals surface area contributed by atoms with E-state index >= 15 is 0 Å². The molecular formula is C18H11Cl2FN2O2. The van der Waals surface area contributed by atoms with Crippen LogP contribution >= 0.6 is 23.2 Å². The van der Waals surface area contributed by atoms with E-state index in [0.717, 1.165) is 5.56 Å². The molecule has 3 aromatic rings. The zero-order chi connectivity index (χ0) is 17.8. The molecule has 1 N–H and O–H groups in total. The van der Waals surface area contributed by atoms with Crippen LogP contribution in [0.3, 0.4) is 0 Å². The second-order valence-electron chi connectivity index (χ2n) is 5.03. The van der Waals surface area contributed by atoms with Gasteiger partial charge in [0.25, 0.3) is 5.91 Å². The summed E-state index contributed by atoms with van der Waals surface area (Å²) in [4.78, 5) is 12.0. The van der Waals surface area contributed by atoms with Crippen LogP contribution < -0.4 is 5.43 Å². The van der Waals surface area contributed by atoms with Gasteiger partial charge in [0.05, 0.1) is 16.8 Å². The minimum absolute atomic E-state index is 0.233. The maximum absolute atomic E-state index is 12.9. The standard InChI is InChI=1S/C18H11Cl2FN2O2/c19-12-3-7-15(16(20)9-12)18(24)23-22-10-14-6-8-17(25-14)11-1-4-13(21)5-2-11/h1-10H,(H,23,24). The molecule has 0 unspecified atom stereocenters. The molecule has 7 heteroatoms. The molecule has 1 amide bonds. The molecule has 0 bridgehead atoms. The minimum Gasteiger partial charge on any atom is -0.455 e. The molecule has 0 fully saturated rings. The van der Waals surface area contributed by atoms with Crippen molar-refractivity contribution in [3.8, 4) is 11.3 Å². The third kappa shape index (κ3) is 4.26. The second kappa shape index (κ2) is 7.51. The van der Waals surface area contributed by atoms with Crippen LogP contribution in [-0.2, 0) is 0 Å². The van der Waals surface area contributed by atoms with Crippen molar-refractivity contribution in [3.05, 3.63) is 81.8 Å². The average Bonchev–Trinajstić information content (AvgIpc) is 3.04. The van der Waals surface area contributed by atoms with Crippen molar-refractivity contribution >= 4 is 35.3 Å². The van der Waals surface area contributed by atoms with Crippen LogP contribution in [0.25, 0.3) is 11.3 Å². The summed E-state index contributed by atoms with van der Waals surface area (Å²) in [6.45, 7) is 0. The number of nitrogens with zero attached hydrogens (tertiary/aromatic N) is 1. The van der Waals surface area contributed by atoms with Crippen LogP contribution in [0, 0.1) is 5.82 Å². The number of rotatable bonds is 4. The maximum atomic E-state index is 12.9. The Balaban J connectivity index is 1.66. The molecule has 0 aliphatic carbocycles. The van der Waals surface area contributed by atoms with Crippen molar-refractivity contribution in [1.29, 1.82) is 0 Å². The van der Waals surface area contributed by atoms with Gasteiger partial charge in [-0.05, 0) is 54.6 Å². The van der Waals surface area contributed by atoms with Crippen molar-refractivity contribution in [1.82, 2.24) is 5.43 Å². The molecule has 0 spiro atoms. The highest BCUT2D eigenvalue weighted by Gasteiger charge is 2.10. The lowest BCUT2D eigenvalue weighted by atomic mass is 10.2. The van der Waals surface area contributed by atoms with Gasteiger partial charge in [-0.1, -0.05) is 23.2 Å². The van der Waals surface area contributed by atoms with Gasteiger partial charge in [0.15, 0.2) is 0 Å². The third-order valence-electron chi connectivity index (χ3n) is 3.29. The smallest absolute Gasteiger partial charge is 0.272 e. The number of benzene rings is 2. The van der Waals surface area contributed by atoms with Crippen LogP contribution in [-0.4, -0.2) is 12.1 Å². The van der Waals surface area contributed by atoms with Gasteiger partial charge in [0, 0.05) is 10.6 Å². The van der Waals surface area contributed by atoms with Crippen molar-refractivity contribution in [2.75, 3.05) is 0 Å². The number of carbonyl (C=O) groups is 1. The number of hydrogen-bond donors (Lipinski definition) is 1. The number of hydrazone groups is 1. The first-order valence-corrected chi connectivity index (χ1v) is 7.93. The molecule has 0 atom stereocenters. The van der Waals surface area contributed by atoms with Crippen molar-refractivity contribution in [3.63, 3.8) is 0 Å². The highest BCUT2D eigenvalue weighted by atomic mass is 35.5. The molecule has 1 aromatic heterocycles. The molecule has 3 rings (SSSR count). The zero-order valence-electron chi connectivity index (χ0n) is 12.7. The van der Waals surface area contributed by atoms with Crippen LogP contribution in [0.1, 0.15) is 16.1 Å². The number of halogens is 3. The van der Waals surface area contributed by atoms with Crippen LogP contribution in [0.2, 0.25) is 10.0 Å². The Bertz CT molecular complexity index is 937. The van der Waals surface area contributed by atoms with Gasteiger partial charge >= 0.3 is 0 Å². The summed E-state index contributed by atoms with van der Waals surface area (Å²) in [6.07, 6.45) is 1.36. The van der Waals surface area contributed by atoms with Crippen LogP contribution in [0.4, 0.5) is 4.39 Å². The number of amides is 1. The molecule has 0 saturated heterocycles. The predicted molar refractivity (Wildman–Crippen MR) is 95.6 cm³/mol. The number of hydrogen-bond acceptors (Lipinski definition) is 3. The Hall–Kier alpha value is -2.63. The summed E-state index contributed by atoms with van der Waals surface area (Å²) in [5.74, 6) is 0.208. The van der Waals surface area contributed by atoms with E-state index in [9.17, 15) is 9.18 Å². The number of nitrogens with one attached hydrogen (secondary N) is 1. The van der Waals surface area contributed by atoms with Gasteiger partial charge in [0.2, 0.25) is 0 Å². The van der Waals surface area contributed by atoms with E-state index in [0.29, 0.717) is 16.5 Å². The average molecular weight is 377 g/mol. The minimum atomic E-state index is -0.469. The van der Waals surface area contributed by atoms with Crippen LogP contribution in [0.15, 0.2) is 64.1 Å². The third-order valence-corrected chi connectivity index (χ3v) is 3.84. The van der Waals surface area contributed by atoms with Gasteiger partial charge in [-0.3, -0.25) is 4.79 Å². The molecule has 0 radical (unpaired) electrons. The fraction of sp³-hybridized carbons (Fsp3) is 0. The lowest BCUT2D eigenvalue weighted by Gasteiger charge is -2.02. The van der Waals surface area contributed by atoms with Crippen LogP contribution in [0.5, 0.6) is 0 Å². The SMILES string of the molecule is O=C(NN=Cc1ccc(-c2ccc(F)cc2)o1)c1ccc(Cl)cc1Cl. The first-order valence-electron chi connectivity index (χ1n) is 7.17. The van der Waals surface area contributed by atoms with E-state index in [1.165, 1.54) is 30.5 Å². The molecule has 25 heavy (non-hydrogen) atoms. The Morgan fingerprint density at radius 3 is 2.56 bits per heavy atom. The zero-order valence-corrected chi connectivity index (χ0v) is 14.2. The van der Waals surface area contributed by atoms with E-state index in [2.05, 4.69) is 10.5 Å². The van der Waals surface area contributed by atoms with Gasteiger partial charge < -0.3 is 4.42 Å². The first kappa shape index (κ1) is 17.2. The Morgan fingerprint density at radius 1 is 1.08 bits per heavy atom. The van der Waals surface area contributed by atoms with Crippen molar-refractivity contribution in [2.24, 2.45) is 5.10 Å². The summed E-state index contributed by atoms with van der Waals surface area (Å²) in [6, 6.07) is 13.9. The van der Waals surface area contributed by atoms with Gasteiger partial charge in [-0.2, -0.15) is 5.10 Å². The maximum Gasteiger partial charge on any atom is 0.272 e. The highest BCUT2D eigenvalue weighted by molar-refractivity contribution is 6.36. The molecule has 2 aromatic carbocycles. The number of furan rings is 1. The Kier molecular flexibility index (Phi) is 5.16. The van der Waals surface area contributed by atoms with E-state index in [1.807, 2.05) is 0 Å². The van der Waals surface area contributed by atoms with E-state index in [-0.39, 0.29) is 16.4 Å². The summed E-state index contributed by atoms with van der Waals surface area (Å²) in [7, 11) is 0. The molecule has 4 nitrogen and oxygen atoms in total. The normalized spacial score (nSPS) is 11.0. The summed E-state index contributed by atoms with van der Waals surface area (Å²) < 4.78 is 18.5. The Morgan fingerprint density at radius 2 is 1.84 bits per heavy atom. The number of carbonyl (C=O) groups excluding carboxylic acids is 1. The topological polar surface area (TPSA) is 54.6 Å². The second-order valence-corrected chi connectivity index (χ2v) is 5.88. The summed E-state index contributed by atoms with van der Waals surface area (Å²) in [5.41, 5.74) is 3.35. The van der Waals surface area contributed by atoms with Crippen molar-refractivity contribution < 1.29 is 13.6 Å². The first-order chi connectivity index (χ1) is 12.0. The molecule has 0 saturated carbocycles. The van der Waals surface area contributed by atoms with Gasteiger partial charge in [-0.15, -0.1) is 0 Å². The molecular weight excluding hydrogens is 366 g/mol. The predicted octanol–water partition coefficient (Wildman–Crippen LogP) is 5.16. The van der Waals surface area contributed by atoms with Gasteiger partial charge in [0.1, 0.15) is 17.3 Å². The van der Waals surface area contributed by atoms with E-state index in [4.69, 9.17) is 27.6 Å². The molecule has 0 aliphatic rings.